The van der Waals surface area contributed by atoms with Crippen LogP contribution < -0.4 is 10.1 Å². The molecule has 1 heterocycles. The van der Waals surface area contributed by atoms with E-state index in [-0.39, 0.29) is 0 Å². The van der Waals surface area contributed by atoms with E-state index in [0.29, 0.717) is 21.5 Å². The van der Waals surface area contributed by atoms with Gasteiger partial charge in [-0.15, -0.1) is 0 Å². The molecular formula is C14H14Cl2N2O. The molecule has 2 aromatic rings. The Hall–Kier alpha value is -1.29. The summed E-state index contributed by atoms with van der Waals surface area (Å²) in [5, 5.41) is 4.21. The molecule has 19 heavy (non-hydrogen) atoms. The highest BCUT2D eigenvalue weighted by Gasteiger charge is 2.03. The number of nitrogens with zero attached hydrogens (tertiary/aromatic N) is 1. The molecule has 5 heteroatoms. The summed E-state index contributed by atoms with van der Waals surface area (Å²) in [4.78, 5) is 4.15. The summed E-state index contributed by atoms with van der Waals surface area (Å²) in [5.41, 5.74) is 1.07. The third-order valence-electron chi connectivity index (χ3n) is 2.48. The molecule has 0 saturated carbocycles. The smallest absolute Gasteiger partial charge is 0.146 e. The number of hydrogen-bond acceptors (Lipinski definition) is 3. The molecule has 0 atom stereocenters. The van der Waals surface area contributed by atoms with E-state index in [4.69, 9.17) is 27.9 Å². The lowest BCUT2D eigenvalue weighted by Gasteiger charge is -2.08. The standard InChI is InChI=1S/C14H14Cl2N2O/c1-2-17-7-10-5-12(9-18-8-10)19-11-3-4-13(15)14(16)6-11/h3-6,8-9,17H,2,7H2,1H3. The molecule has 0 aliphatic rings. The Morgan fingerprint density at radius 1 is 1.11 bits per heavy atom. The van der Waals surface area contributed by atoms with Crippen LogP contribution in [0.3, 0.4) is 0 Å². The maximum Gasteiger partial charge on any atom is 0.146 e. The fourth-order valence-corrected chi connectivity index (χ4v) is 1.85. The lowest BCUT2D eigenvalue weighted by Crippen LogP contribution is -2.11. The maximum atomic E-state index is 5.94. The Bertz CT molecular complexity index is 561. The van der Waals surface area contributed by atoms with Gasteiger partial charge in [-0.2, -0.15) is 0 Å². The average Bonchev–Trinajstić information content (AvgIpc) is 2.41. The first-order chi connectivity index (χ1) is 9.19. The largest absolute Gasteiger partial charge is 0.456 e. The van der Waals surface area contributed by atoms with E-state index in [0.717, 1.165) is 18.7 Å². The van der Waals surface area contributed by atoms with Crippen LogP contribution in [0, 0.1) is 0 Å². The molecule has 0 unspecified atom stereocenters. The van der Waals surface area contributed by atoms with Crippen LogP contribution in [0.1, 0.15) is 12.5 Å². The molecule has 0 fully saturated rings. The van der Waals surface area contributed by atoms with E-state index in [1.165, 1.54) is 0 Å². The summed E-state index contributed by atoms with van der Waals surface area (Å²) in [5.74, 6) is 1.31. The fraction of sp³-hybridized carbons (Fsp3) is 0.214. The van der Waals surface area contributed by atoms with Crippen LogP contribution in [-0.4, -0.2) is 11.5 Å². The topological polar surface area (TPSA) is 34.2 Å². The van der Waals surface area contributed by atoms with Crippen LogP contribution in [0.2, 0.25) is 10.0 Å². The first kappa shape index (κ1) is 14.1. The van der Waals surface area contributed by atoms with E-state index in [1.807, 2.05) is 12.3 Å². The van der Waals surface area contributed by atoms with Crippen LogP contribution in [0.5, 0.6) is 11.5 Å². The Labute approximate surface area is 122 Å². The van der Waals surface area contributed by atoms with Gasteiger partial charge >= 0.3 is 0 Å². The first-order valence-corrected chi connectivity index (χ1v) is 6.72. The minimum Gasteiger partial charge on any atom is -0.456 e. The molecule has 3 nitrogen and oxygen atoms in total. The van der Waals surface area contributed by atoms with Crippen LogP contribution in [0.25, 0.3) is 0 Å². The maximum absolute atomic E-state index is 5.94. The monoisotopic (exact) mass is 296 g/mol. The van der Waals surface area contributed by atoms with Crippen molar-refractivity contribution in [2.75, 3.05) is 6.54 Å². The van der Waals surface area contributed by atoms with Gasteiger partial charge in [0, 0.05) is 18.8 Å². The quantitative estimate of drug-likeness (QED) is 0.894. The van der Waals surface area contributed by atoms with Gasteiger partial charge in [0.05, 0.1) is 16.2 Å². The summed E-state index contributed by atoms with van der Waals surface area (Å²) in [6.45, 7) is 3.74. The van der Waals surface area contributed by atoms with Crippen molar-refractivity contribution in [2.45, 2.75) is 13.5 Å². The van der Waals surface area contributed by atoms with E-state index >= 15 is 0 Å². The number of aromatic nitrogens is 1. The minimum absolute atomic E-state index is 0.468. The van der Waals surface area contributed by atoms with Crippen molar-refractivity contribution in [2.24, 2.45) is 0 Å². The highest BCUT2D eigenvalue weighted by Crippen LogP contribution is 2.29. The number of benzene rings is 1. The Kier molecular flexibility index (Phi) is 5.02. The number of pyridine rings is 1. The van der Waals surface area contributed by atoms with Crippen molar-refractivity contribution < 1.29 is 4.74 Å². The lowest BCUT2D eigenvalue weighted by atomic mass is 10.2. The second-order valence-electron chi connectivity index (χ2n) is 3.99. The van der Waals surface area contributed by atoms with Crippen molar-refractivity contribution in [1.29, 1.82) is 0 Å². The average molecular weight is 297 g/mol. The van der Waals surface area contributed by atoms with Crippen molar-refractivity contribution in [3.8, 4) is 11.5 Å². The van der Waals surface area contributed by atoms with Gasteiger partial charge in [0.1, 0.15) is 11.5 Å². The molecule has 1 N–H and O–H groups in total. The molecule has 0 aliphatic heterocycles. The Balaban J connectivity index is 2.11. The zero-order valence-electron chi connectivity index (χ0n) is 10.5. The highest BCUT2D eigenvalue weighted by atomic mass is 35.5. The zero-order chi connectivity index (χ0) is 13.7. The van der Waals surface area contributed by atoms with E-state index < -0.39 is 0 Å². The number of rotatable bonds is 5. The molecule has 100 valence electrons. The number of halogens is 2. The predicted octanol–water partition coefficient (Wildman–Crippen LogP) is 4.29. The lowest BCUT2D eigenvalue weighted by molar-refractivity contribution is 0.479. The van der Waals surface area contributed by atoms with Gasteiger partial charge in [0.2, 0.25) is 0 Å². The molecule has 0 bridgehead atoms. The highest BCUT2D eigenvalue weighted by molar-refractivity contribution is 6.42. The third kappa shape index (κ3) is 4.10. The number of nitrogens with one attached hydrogen (secondary N) is 1. The van der Waals surface area contributed by atoms with E-state index in [1.54, 1.807) is 24.4 Å². The molecule has 0 amide bonds. The summed E-state index contributed by atoms with van der Waals surface area (Å²) < 4.78 is 5.70. The van der Waals surface area contributed by atoms with Gasteiger partial charge in [-0.25, -0.2) is 0 Å². The molecule has 2 rings (SSSR count). The Morgan fingerprint density at radius 3 is 2.68 bits per heavy atom. The van der Waals surface area contributed by atoms with Crippen molar-refractivity contribution in [3.63, 3.8) is 0 Å². The molecule has 0 aliphatic carbocycles. The number of ether oxygens (including phenoxy) is 1. The normalized spacial score (nSPS) is 10.5. The van der Waals surface area contributed by atoms with Crippen LogP contribution in [-0.2, 0) is 6.54 Å². The van der Waals surface area contributed by atoms with Crippen LogP contribution in [0.15, 0.2) is 36.7 Å². The molecule has 0 radical (unpaired) electrons. The van der Waals surface area contributed by atoms with Gasteiger partial charge in [-0.3, -0.25) is 4.98 Å². The van der Waals surface area contributed by atoms with Gasteiger partial charge in [0.15, 0.2) is 0 Å². The molecular weight excluding hydrogens is 283 g/mol. The van der Waals surface area contributed by atoms with Gasteiger partial charge in [-0.1, -0.05) is 30.1 Å². The van der Waals surface area contributed by atoms with Crippen LogP contribution in [0.4, 0.5) is 0 Å². The van der Waals surface area contributed by atoms with Crippen LogP contribution >= 0.6 is 23.2 Å². The first-order valence-electron chi connectivity index (χ1n) is 5.96. The summed E-state index contributed by atoms with van der Waals surface area (Å²) in [6.07, 6.45) is 3.47. The second-order valence-corrected chi connectivity index (χ2v) is 4.80. The predicted molar refractivity (Wildman–Crippen MR) is 78.2 cm³/mol. The molecule has 0 saturated heterocycles. The number of hydrogen-bond donors (Lipinski definition) is 1. The zero-order valence-corrected chi connectivity index (χ0v) is 12.0. The fourth-order valence-electron chi connectivity index (χ4n) is 1.56. The minimum atomic E-state index is 0.468. The van der Waals surface area contributed by atoms with Crippen molar-refractivity contribution >= 4 is 23.2 Å². The van der Waals surface area contributed by atoms with E-state index in [2.05, 4.69) is 17.2 Å². The summed E-state index contributed by atoms with van der Waals surface area (Å²) in [7, 11) is 0. The third-order valence-corrected chi connectivity index (χ3v) is 3.21. The van der Waals surface area contributed by atoms with E-state index in [9.17, 15) is 0 Å². The molecule has 0 spiro atoms. The molecule has 1 aromatic heterocycles. The van der Waals surface area contributed by atoms with Gasteiger partial charge in [-0.05, 0) is 30.3 Å². The van der Waals surface area contributed by atoms with Gasteiger partial charge in [0.25, 0.3) is 0 Å². The Morgan fingerprint density at radius 2 is 1.95 bits per heavy atom. The van der Waals surface area contributed by atoms with Crippen molar-refractivity contribution in [3.05, 3.63) is 52.3 Å². The summed E-state index contributed by atoms with van der Waals surface area (Å²) >= 11 is 11.8. The molecule has 1 aromatic carbocycles. The van der Waals surface area contributed by atoms with Crippen molar-refractivity contribution in [1.82, 2.24) is 10.3 Å². The van der Waals surface area contributed by atoms with Gasteiger partial charge < -0.3 is 10.1 Å². The second kappa shape index (κ2) is 6.75. The SMILES string of the molecule is CCNCc1cncc(Oc2ccc(Cl)c(Cl)c2)c1. The summed E-state index contributed by atoms with van der Waals surface area (Å²) in [6, 6.07) is 7.10.